The molecule has 2 atom stereocenters. The SMILES string of the molecule is O=C(O)CC[C@H](NC(=O)N[C@@H](Cc1ccc(OCCn2cc(CCCF)nn2)cc1)C(=O)O)C(=O)O. The predicted octanol–water partition coefficient (Wildman–Crippen LogP) is 0.872. The number of hydrogen-bond acceptors (Lipinski definition) is 7. The smallest absolute Gasteiger partial charge is 0.326 e. The molecule has 14 heteroatoms. The third-order valence-electron chi connectivity index (χ3n) is 4.96. The van der Waals surface area contributed by atoms with E-state index in [4.69, 9.17) is 14.9 Å². The Hall–Kier alpha value is -4.23. The number of carbonyl (C=O) groups is 4. The van der Waals surface area contributed by atoms with Crippen molar-refractivity contribution >= 4 is 23.9 Å². The number of nitrogens with zero attached hydrogens (tertiary/aromatic N) is 3. The highest BCUT2D eigenvalue weighted by Crippen LogP contribution is 2.14. The molecule has 0 spiro atoms. The normalized spacial score (nSPS) is 12.4. The van der Waals surface area contributed by atoms with Crippen molar-refractivity contribution in [2.45, 2.75) is 50.7 Å². The van der Waals surface area contributed by atoms with Gasteiger partial charge in [-0.3, -0.25) is 9.18 Å². The molecule has 0 aliphatic carbocycles. The van der Waals surface area contributed by atoms with Crippen molar-refractivity contribution in [2.75, 3.05) is 13.3 Å². The maximum atomic E-state index is 12.2. The van der Waals surface area contributed by atoms with Crippen LogP contribution in [0.3, 0.4) is 0 Å². The lowest BCUT2D eigenvalue weighted by Gasteiger charge is -2.18. The summed E-state index contributed by atoms with van der Waals surface area (Å²) in [6.45, 7) is 0.299. The summed E-state index contributed by atoms with van der Waals surface area (Å²) in [7, 11) is 0. The lowest BCUT2D eigenvalue weighted by Crippen LogP contribution is -2.51. The molecule has 0 saturated heterocycles. The highest BCUT2D eigenvalue weighted by molar-refractivity contribution is 5.86. The number of aryl methyl sites for hydroxylation is 1. The molecule has 0 bridgehead atoms. The van der Waals surface area contributed by atoms with Crippen LogP contribution in [0.4, 0.5) is 9.18 Å². The van der Waals surface area contributed by atoms with Crippen molar-refractivity contribution < 1.29 is 43.6 Å². The molecule has 0 saturated carbocycles. The standard InChI is InChI=1S/C22H28FN5O8/c23-9-1-2-15-13-28(27-26-15)10-11-36-16-5-3-14(4-6-16)12-18(21(33)34)25-22(35)24-17(20(31)32)7-8-19(29)30/h3-6,13,17-18H,1-2,7-12H2,(H,29,30)(H,31,32)(H,33,34)(H2,24,25,35)/t17-,18-/m0/s1. The number of benzene rings is 1. The summed E-state index contributed by atoms with van der Waals surface area (Å²) >= 11 is 0. The van der Waals surface area contributed by atoms with E-state index in [0.717, 1.165) is 0 Å². The summed E-state index contributed by atoms with van der Waals surface area (Å²) in [6.07, 6.45) is 1.71. The van der Waals surface area contributed by atoms with Gasteiger partial charge in [0.15, 0.2) is 0 Å². The molecule has 2 rings (SSSR count). The summed E-state index contributed by atoms with van der Waals surface area (Å²) in [5.41, 5.74) is 1.27. The van der Waals surface area contributed by atoms with Gasteiger partial charge in [-0.1, -0.05) is 17.3 Å². The predicted molar refractivity (Wildman–Crippen MR) is 121 cm³/mol. The number of aliphatic carboxylic acids is 3. The third-order valence-corrected chi connectivity index (χ3v) is 4.96. The number of amides is 2. The molecule has 5 N–H and O–H groups in total. The Kier molecular flexibility index (Phi) is 11.1. The number of carboxylic acid groups (broad SMARTS) is 3. The monoisotopic (exact) mass is 509 g/mol. The van der Waals surface area contributed by atoms with Gasteiger partial charge in [0.2, 0.25) is 0 Å². The first-order chi connectivity index (χ1) is 17.2. The molecule has 0 radical (unpaired) electrons. The quantitative estimate of drug-likeness (QED) is 0.217. The summed E-state index contributed by atoms with van der Waals surface area (Å²) in [6, 6.07) is 2.64. The van der Waals surface area contributed by atoms with Gasteiger partial charge in [0.05, 0.1) is 18.9 Å². The number of rotatable bonds is 16. The van der Waals surface area contributed by atoms with Crippen molar-refractivity contribution in [2.24, 2.45) is 0 Å². The largest absolute Gasteiger partial charge is 0.492 e. The zero-order chi connectivity index (χ0) is 26.5. The lowest BCUT2D eigenvalue weighted by atomic mass is 10.1. The van der Waals surface area contributed by atoms with Crippen LogP contribution in [0, 0.1) is 0 Å². The number of alkyl halides is 1. The molecule has 0 unspecified atom stereocenters. The van der Waals surface area contributed by atoms with Gasteiger partial charge in [-0.25, -0.2) is 19.1 Å². The minimum absolute atomic E-state index is 0.0868. The van der Waals surface area contributed by atoms with Crippen molar-refractivity contribution in [3.05, 3.63) is 41.7 Å². The average molecular weight is 509 g/mol. The molecule has 1 aromatic heterocycles. The van der Waals surface area contributed by atoms with Crippen LogP contribution in [0.15, 0.2) is 30.5 Å². The molecule has 196 valence electrons. The molecule has 2 aromatic rings. The molecule has 2 amide bonds. The fraction of sp³-hybridized carbons (Fsp3) is 0.455. The highest BCUT2D eigenvalue weighted by Gasteiger charge is 2.25. The Morgan fingerprint density at radius 1 is 1.03 bits per heavy atom. The van der Waals surface area contributed by atoms with Gasteiger partial charge in [-0.15, -0.1) is 5.10 Å². The molecule has 0 fully saturated rings. The first-order valence-electron chi connectivity index (χ1n) is 11.1. The Balaban J connectivity index is 1.84. The molecule has 13 nitrogen and oxygen atoms in total. The summed E-state index contributed by atoms with van der Waals surface area (Å²) in [5.74, 6) is -3.47. The number of carbonyl (C=O) groups excluding carboxylic acids is 1. The Morgan fingerprint density at radius 2 is 1.69 bits per heavy atom. The van der Waals surface area contributed by atoms with Crippen LogP contribution in [0.25, 0.3) is 0 Å². The van der Waals surface area contributed by atoms with E-state index in [1.807, 2.05) is 0 Å². The zero-order valence-electron chi connectivity index (χ0n) is 19.3. The second-order valence-electron chi connectivity index (χ2n) is 7.79. The van der Waals surface area contributed by atoms with Crippen LogP contribution < -0.4 is 15.4 Å². The van der Waals surface area contributed by atoms with Gasteiger partial charge in [0, 0.05) is 19.0 Å². The van der Waals surface area contributed by atoms with Crippen LogP contribution in [-0.2, 0) is 33.8 Å². The molecule has 1 heterocycles. The fourth-order valence-electron chi connectivity index (χ4n) is 3.11. The van der Waals surface area contributed by atoms with Crippen LogP contribution in [-0.4, -0.2) is 79.6 Å². The third kappa shape index (κ3) is 9.95. The van der Waals surface area contributed by atoms with Crippen LogP contribution >= 0.6 is 0 Å². The Morgan fingerprint density at radius 3 is 2.31 bits per heavy atom. The minimum atomic E-state index is -1.48. The van der Waals surface area contributed by atoms with Gasteiger partial charge >= 0.3 is 23.9 Å². The molecular weight excluding hydrogens is 481 g/mol. The molecular formula is C22H28FN5O8. The zero-order valence-corrected chi connectivity index (χ0v) is 19.3. The molecule has 36 heavy (non-hydrogen) atoms. The summed E-state index contributed by atoms with van der Waals surface area (Å²) in [5, 5.41) is 39.4. The van der Waals surface area contributed by atoms with Gasteiger partial charge in [-0.2, -0.15) is 0 Å². The molecule has 0 aliphatic heterocycles. The first kappa shape index (κ1) is 28.0. The number of ether oxygens (including phenoxy) is 1. The molecule has 1 aromatic carbocycles. The van der Waals surface area contributed by atoms with Crippen molar-refractivity contribution in [3.8, 4) is 5.75 Å². The number of urea groups is 1. The Labute approximate surface area is 205 Å². The number of nitrogens with one attached hydrogen (secondary N) is 2. The van der Waals surface area contributed by atoms with Crippen molar-refractivity contribution in [1.29, 1.82) is 0 Å². The van der Waals surface area contributed by atoms with E-state index in [1.165, 1.54) is 0 Å². The van der Waals surface area contributed by atoms with Gasteiger partial charge < -0.3 is 30.7 Å². The number of aromatic nitrogens is 3. The molecule has 0 aliphatic rings. The van der Waals surface area contributed by atoms with Crippen molar-refractivity contribution in [1.82, 2.24) is 25.6 Å². The number of carboxylic acids is 3. The highest BCUT2D eigenvalue weighted by atomic mass is 19.1. The van der Waals surface area contributed by atoms with E-state index in [2.05, 4.69) is 20.9 Å². The lowest BCUT2D eigenvalue weighted by molar-refractivity contribution is -0.140. The second kappa shape index (κ2) is 14.2. The maximum Gasteiger partial charge on any atom is 0.326 e. The fourth-order valence-corrected chi connectivity index (χ4v) is 3.11. The van der Waals surface area contributed by atoms with Crippen molar-refractivity contribution in [3.63, 3.8) is 0 Å². The minimum Gasteiger partial charge on any atom is -0.492 e. The average Bonchev–Trinajstić information content (AvgIpc) is 3.28. The number of halogens is 1. The van der Waals surface area contributed by atoms with Gasteiger partial charge in [0.25, 0.3) is 0 Å². The van der Waals surface area contributed by atoms with E-state index in [-0.39, 0.29) is 19.4 Å². The topological polar surface area (TPSA) is 193 Å². The van der Waals surface area contributed by atoms with E-state index >= 15 is 0 Å². The number of hydrogen-bond donors (Lipinski definition) is 5. The second-order valence-corrected chi connectivity index (χ2v) is 7.79. The maximum absolute atomic E-state index is 12.2. The van der Waals surface area contributed by atoms with Gasteiger partial charge in [-0.05, 0) is 37.0 Å². The Bertz CT molecular complexity index is 1030. The van der Waals surface area contributed by atoms with Crippen LogP contribution in [0.2, 0.25) is 0 Å². The van der Waals surface area contributed by atoms with Crippen LogP contribution in [0.5, 0.6) is 5.75 Å². The van der Waals surface area contributed by atoms with E-state index in [9.17, 15) is 28.7 Å². The first-order valence-corrected chi connectivity index (χ1v) is 11.1. The van der Waals surface area contributed by atoms with E-state index in [1.54, 1.807) is 35.1 Å². The van der Waals surface area contributed by atoms with Crippen LogP contribution in [0.1, 0.15) is 30.5 Å². The summed E-state index contributed by atoms with van der Waals surface area (Å²) < 4.78 is 19.5. The van der Waals surface area contributed by atoms with E-state index < -0.39 is 49.1 Å². The van der Waals surface area contributed by atoms with Gasteiger partial charge in [0.1, 0.15) is 24.4 Å². The van der Waals surface area contributed by atoms with E-state index in [0.29, 0.717) is 36.4 Å². The summed E-state index contributed by atoms with van der Waals surface area (Å²) in [4.78, 5) is 45.5.